The van der Waals surface area contributed by atoms with Gasteiger partial charge in [0.15, 0.2) is 48.9 Å². The van der Waals surface area contributed by atoms with Crippen molar-refractivity contribution in [2.45, 2.75) is 89.6 Å². The molecule has 87 heavy (non-hydrogen) atoms. The van der Waals surface area contributed by atoms with Gasteiger partial charge in [-0.1, -0.05) is 110 Å². The third-order valence-corrected chi connectivity index (χ3v) is 17.8. The minimum atomic E-state index is -3.64. The molecule has 0 aromatic carbocycles. The van der Waals surface area contributed by atoms with Crippen LogP contribution in [0.15, 0.2) is 64.4 Å². The van der Waals surface area contributed by atoms with Gasteiger partial charge in [0.1, 0.15) is 22.3 Å². The molecular weight excluding hydrogens is 1260 g/mol. The number of nitrogen functional groups attached to an aromatic ring is 1. The van der Waals surface area contributed by atoms with Crippen LogP contribution in [-0.2, 0) is 19.4 Å². The Kier molecular flexibility index (Phi) is 36.1. The first-order chi connectivity index (χ1) is 40.1. The fourth-order valence-electron chi connectivity index (χ4n) is 6.11. The number of hydrogen-bond donors (Lipinski definition) is 7. The molecule has 6 heterocycles. The zero-order valence-electron chi connectivity index (χ0n) is 52.2. The summed E-state index contributed by atoms with van der Waals surface area (Å²) in [5, 5.41) is 38.2. The number of rotatable bonds is 17. The molecule has 0 radical (unpaired) electrons. The van der Waals surface area contributed by atoms with E-state index in [1.54, 1.807) is 44.9 Å². The molecule has 8 N–H and O–H groups in total. The number of ketones is 1. The summed E-state index contributed by atoms with van der Waals surface area (Å²) in [5.41, 5.74) is 7.09. The number of carbonyl (C=O) groups excluding carboxylic acids is 5. The van der Waals surface area contributed by atoms with Gasteiger partial charge in [-0.2, -0.15) is 15.0 Å². The number of aryl methyl sites for hydroxylation is 1. The average Bonchev–Trinajstić information content (AvgIpc) is 1.90. The Balaban J connectivity index is 0.00000110. The molecule has 0 atom stereocenters. The predicted molar refractivity (Wildman–Crippen MR) is 344 cm³/mol. The smallest absolute Gasteiger partial charge is 0.668 e. The van der Waals surface area contributed by atoms with Gasteiger partial charge in [0.05, 0.1) is 37.7 Å². The SMILES string of the molecule is CCC(=O)Nc1cc(Nc2nc(OC)ccc2S(C)(=O)=O)c(C(=O)NC)nn1.CCC(C)=O.CNC(=O)c1nnc(Cl)cc1Cl.CNC(=O)c1nnc(Cl)cc1Nc1nc(OC)ccc1C.COc1ccc(SC)c(N)n1.C[Si](C)(C)[N-][Si](C)(C)C.[Li+]. The molecule has 6 rings (SSSR count). The molecule has 0 saturated carbocycles. The van der Waals surface area contributed by atoms with Crippen molar-refractivity contribution >= 4 is 137 Å². The van der Waals surface area contributed by atoms with E-state index in [0.29, 0.717) is 35.5 Å². The van der Waals surface area contributed by atoms with Crippen molar-refractivity contribution in [1.82, 2.24) is 61.5 Å². The van der Waals surface area contributed by atoms with E-state index in [2.05, 4.69) is 117 Å². The second-order valence-electron chi connectivity index (χ2n) is 19.1. The molecule has 4 amide bonds. The zero-order valence-corrected chi connectivity index (χ0v) is 58.1. The Morgan fingerprint density at radius 2 is 1.06 bits per heavy atom. The van der Waals surface area contributed by atoms with Gasteiger partial charge in [-0.15, -0.1) is 42.4 Å². The minimum Gasteiger partial charge on any atom is -0.668 e. The van der Waals surface area contributed by atoms with Crippen LogP contribution in [0.1, 0.15) is 70.6 Å². The third-order valence-electron chi connectivity index (χ3n) is 9.88. The fraction of sp³-hybridized carbons (Fsp3) is 0.385. The normalized spacial score (nSPS) is 10.4. The Labute approximate surface area is 541 Å². The predicted octanol–water partition coefficient (Wildman–Crippen LogP) is 6.24. The Hall–Kier alpha value is -6.80. The van der Waals surface area contributed by atoms with Crippen molar-refractivity contribution in [3.63, 3.8) is 0 Å². The summed E-state index contributed by atoms with van der Waals surface area (Å²) in [6, 6.07) is 14.3. The van der Waals surface area contributed by atoms with E-state index in [9.17, 15) is 32.4 Å². The molecule has 470 valence electrons. The number of carbonyl (C=O) groups is 5. The topological polar surface area (TPSA) is 375 Å². The van der Waals surface area contributed by atoms with E-state index >= 15 is 0 Å². The Morgan fingerprint density at radius 1 is 0.632 bits per heavy atom. The quantitative estimate of drug-likeness (QED) is 0.0392. The van der Waals surface area contributed by atoms with Crippen molar-refractivity contribution in [3.8, 4) is 17.6 Å². The molecule has 0 spiro atoms. The number of pyridine rings is 3. The first-order valence-corrected chi connectivity index (χ1v) is 36.7. The number of hydrogen-bond acceptors (Lipinski definition) is 23. The Bertz CT molecular complexity index is 3360. The molecule has 27 nitrogen and oxygen atoms in total. The van der Waals surface area contributed by atoms with Gasteiger partial charge in [-0.25, -0.2) is 8.42 Å². The number of sulfone groups is 1. The standard InChI is InChI=1S/C16H20N6O5S.C13H14ClN5O2.C7H10N2OS.C6H5Cl2N3O.C6H18NSi2.C4H8O.Li/c1-5-12(23)19-11-8-9(14(22-21-11)16(24)17-2)18-15-10(28(4,25)26)6-7-13(20-15)27-3;1-7-4-5-10(21-3)17-12(7)16-8-6-9(14)18-19-11(8)13(20)15-2;1-10-6-4-3-5(11-2)7(8)9-6;1-9-6(12)5-3(7)2-4(8)10-11-5;1-8(2,3)7-9(4,5)6;1-3-4(2)5;/h6-8H,5H2,1-4H3,(H,17,24)(H2,18,19,20,21,23);4-6H,1-3H3,(H,15,20)(H,16,17,18);3-4H,1-2H3,(H2,8,9);2H,1H3,(H,9,12);1-6H3;3H2,1-2H3;/q;;;;-1;;+1. The first kappa shape index (κ1) is 80.2. The summed E-state index contributed by atoms with van der Waals surface area (Å²) >= 11 is 18.5. The van der Waals surface area contributed by atoms with E-state index in [1.807, 2.05) is 32.2 Å². The summed E-state index contributed by atoms with van der Waals surface area (Å²) in [6.45, 7) is 20.8. The molecule has 0 saturated heterocycles. The number of Topliss-reactive ketones (excluding diaryl/α,β-unsaturated/α-hetero) is 1. The molecule has 0 aliphatic carbocycles. The second-order valence-corrected chi connectivity index (χ2v) is 32.7. The molecular formula is C52H75Cl3LiN17O10S2Si2. The number of anilines is 6. The van der Waals surface area contributed by atoms with Crippen molar-refractivity contribution in [1.29, 1.82) is 0 Å². The average molecular weight is 1330 g/mol. The van der Waals surface area contributed by atoms with Crippen molar-refractivity contribution < 1.29 is 65.5 Å². The summed E-state index contributed by atoms with van der Waals surface area (Å²) in [5.74, 6) is 0.905. The largest absolute Gasteiger partial charge is 1.00 e. The van der Waals surface area contributed by atoms with Crippen LogP contribution in [0.4, 0.5) is 34.6 Å². The van der Waals surface area contributed by atoms with Crippen molar-refractivity contribution in [3.05, 3.63) is 97.2 Å². The van der Waals surface area contributed by atoms with Crippen molar-refractivity contribution in [2.75, 3.05) is 76.7 Å². The number of amides is 4. The number of aromatic nitrogens is 9. The fourth-order valence-corrected chi connectivity index (χ4v) is 16.0. The van der Waals surface area contributed by atoms with Gasteiger partial charge in [-0.3, -0.25) is 19.2 Å². The summed E-state index contributed by atoms with van der Waals surface area (Å²) < 4.78 is 44.0. The maximum atomic E-state index is 12.1. The molecule has 0 fully saturated rings. The molecule has 35 heteroatoms. The van der Waals surface area contributed by atoms with Gasteiger partial charge in [0.2, 0.25) is 23.5 Å². The zero-order chi connectivity index (χ0) is 65.7. The minimum absolute atomic E-state index is 0. The summed E-state index contributed by atoms with van der Waals surface area (Å²) in [7, 11) is 3.04. The monoisotopic (exact) mass is 1330 g/mol. The maximum absolute atomic E-state index is 12.1. The molecule has 0 aliphatic rings. The van der Waals surface area contributed by atoms with E-state index in [4.69, 9.17) is 59.4 Å². The molecule has 0 bridgehead atoms. The summed E-state index contributed by atoms with van der Waals surface area (Å²) in [6.07, 6.45) is 3.87. The van der Waals surface area contributed by atoms with Crippen LogP contribution in [0.25, 0.3) is 4.65 Å². The number of nitrogens with two attached hydrogens (primary N) is 1. The summed E-state index contributed by atoms with van der Waals surface area (Å²) in [4.78, 5) is 69.6. The molecule has 6 aromatic heterocycles. The van der Waals surface area contributed by atoms with E-state index in [-0.39, 0.29) is 109 Å². The van der Waals surface area contributed by atoms with Gasteiger partial charge >= 0.3 is 18.9 Å². The van der Waals surface area contributed by atoms with Gasteiger partial charge in [-0.05, 0) is 43.9 Å². The van der Waals surface area contributed by atoms with Crippen molar-refractivity contribution in [2.24, 2.45) is 0 Å². The number of methoxy groups -OCH3 is 3. The Morgan fingerprint density at radius 3 is 1.48 bits per heavy atom. The van der Waals surface area contributed by atoms with Crippen LogP contribution in [0, 0.1) is 6.92 Å². The number of thioether (sulfide) groups is 1. The molecule has 0 aliphatic heterocycles. The van der Waals surface area contributed by atoms with Crippen LogP contribution in [-0.4, -0.2) is 155 Å². The van der Waals surface area contributed by atoms with Crippen LogP contribution >= 0.6 is 46.6 Å². The number of ether oxygens (including phenoxy) is 3. The van der Waals surface area contributed by atoms with Gasteiger partial charge < -0.3 is 61.3 Å². The van der Waals surface area contributed by atoms with E-state index in [1.165, 1.54) is 65.7 Å². The van der Waals surface area contributed by atoms with Crippen LogP contribution in [0.2, 0.25) is 54.6 Å². The molecule has 0 unspecified atom stereocenters. The first-order valence-electron chi connectivity index (χ1n) is 25.6. The van der Waals surface area contributed by atoms with Gasteiger partial charge in [0.25, 0.3) is 17.7 Å². The number of halogens is 3. The van der Waals surface area contributed by atoms with E-state index in [0.717, 1.165) is 16.7 Å². The number of nitrogens with one attached hydrogen (secondary N) is 6. The second kappa shape index (κ2) is 39.2. The molecule has 6 aromatic rings. The maximum Gasteiger partial charge on any atom is 1.00 e. The van der Waals surface area contributed by atoms with Crippen LogP contribution in [0.3, 0.4) is 0 Å². The number of nitrogens with zero attached hydrogens (tertiary/aromatic N) is 10. The van der Waals surface area contributed by atoms with Crippen LogP contribution in [0.5, 0.6) is 17.6 Å². The van der Waals surface area contributed by atoms with E-state index < -0.39 is 32.2 Å². The third kappa shape index (κ3) is 30.1. The van der Waals surface area contributed by atoms with Crippen LogP contribution < -0.4 is 70.7 Å². The van der Waals surface area contributed by atoms with Gasteiger partial charge in [0, 0.05) is 75.5 Å².